The number of hydrogen-bond acceptors (Lipinski definition) is 4. The molecule has 144 valence electrons. The molecular weight excluding hydrogens is 379 g/mol. The Kier molecular flexibility index (Phi) is 5.32. The standard InChI is InChI=1S/C18H18F3N3O2S/c1-10-3-4-14-12(5-10)6-13(11(2)23-14)17(26)24-9-27-7-15(24)16(25)22-8-18(19,20)21/h3-6,15H,7-9H2,1-2H3,(H,22,25)/t15-/m0/s1. The first-order chi connectivity index (χ1) is 12.7. The zero-order valence-corrected chi connectivity index (χ0v) is 15.6. The molecule has 5 nitrogen and oxygen atoms in total. The molecule has 0 unspecified atom stereocenters. The van der Waals surface area contributed by atoms with Crippen molar-refractivity contribution >= 4 is 34.5 Å². The summed E-state index contributed by atoms with van der Waals surface area (Å²) in [6.45, 7) is 2.22. The van der Waals surface area contributed by atoms with Crippen LogP contribution in [-0.2, 0) is 4.79 Å². The Morgan fingerprint density at radius 1 is 1.30 bits per heavy atom. The van der Waals surface area contributed by atoms with Gasteiger partial charge in [0.1, 0.15) is 12.6 Å². The van der Waals surface area contributed by atoms with E-state index in [-0.39, 0.29) is 11.6 Å². The number of pyridine rings is 1. The van der Waals surface area contributed by atoms with E-state index in [1.54, 1.807) is 13.0 Å². The minimum absolute atomic E-state index is 0.244. The Hall–Kier alpha value is -2.29. The molecule has 9 heteroatoms. The fourth-order valence-corrected chi connectivity index (χ4v) is 4.08. The van der Waals surface area contributed by atoms with Crippen molar-refractivity contribution in [3.8, 4) is 0 Å². The van der Waals surface area contributed by atoms with Gasteiger partial charge in [0.05, 0.1) is 22.7 Å². The highest BCUT2D eigenvalue weighted by atomic mass is 32.2. The van der Waals surface area contributed by atoms with Crippen LogP contribution in [0.4, 0.5) is 13.2 Å². The number of halogens is 3. The summed E-state index contributed by atoms with van der Waals surface area (Å²) in [5.74, 6) is -0.698. The molecule has 2 amide bonds. The highest BCUT2D eigenvalue weighted by molar-refractivity contribution is 7.99. The Bertz CT molecular complexity index is 901. The van der Waals surface area contributed by atoms with Gasteiger partial charge in [-0.25, -0.2) is 0 Å². The molecule has 27 heavy (non-hydrogen) atoms. The summed E-state index contributed by atoms with van der Waals surface area (Å²) < 4.78 is 37.0. The number of aromatic nitrogens is 1. The molecule has 1 aliphatic heterocycles. The summed E-state index contributed by atoms with van der Waals surface area (Å²) in [5.41, 5.74) is 2.64. The third-order valence-electron chi connectivity index (χ3n) is 4.30. The van der Waals surface area contributed by atoms with E-state index in [2.05, 4.69) is 4.98 Å². The zero-order valence-electron chi connectivity index (χ0n) is 14.8. The van der Waals surface area contributed by atoms with E-state index >= 15 is 0 Å². The molecule has 0 bridgehead atoms. The molecule has 2 heterocycles. The average molecular weight is 397 g/mol. The molecule has 0 spiro atoms. The van der Waals surface area contributed by atoms with Crippen LogP contribution < -0.4 is 5.32 Å². The number of carbonyl (C=O) groups is 2. The van der Waals surface area contributed by atoms with Crippen LogP contribution in [-0.4, -0.2) is 52.1 Å². The largest absolute Gasteiger partial charge is 0.405 e. The number of nitrogens with zero attached hydrogens (tertiary/aromatic N) is 2. The van der Waals surface area contributed by atoms with Crippen molar-refractivity contribution in [3.05, 3.63) is 41.1 Å². The molecule has 0 radical (unpaired) electrons. The van der Waals surface area contributed by atoms with Crippen molar-refractivity contribution in [2.75, 3.05) is 18.2 Å². The SMILES string of the molecule is Cc1ccc2nc(C)c(C(=O)N3CSC[C@H]3C(=O)NCC(F)(F)F)cc2c1. The number of aryl methyl sites for hydroxylation is 2. The predicted octanol–water partition coefficient (Wildman–Crippen LogP) is 3.05. The van der Waals surface area contributed by atoms with Crippen LogP contribution in [0.3, 0.4) is 0 Å². The first kappa shape index (κ1) is 19.5. The molecule has 0 aliphatic carbocycles. The van der Waals surface area contributed by atoms with Gasteiger partial charge in [0.25, 0.3) is 5.91 Å². The number of fused-ring (bicyclic) bond motifs is 1. The number of alkyl halides is 3. The van der Waals surface area contributed by atoms with Gasteiger partial charge in [-0.1, -0.05) is 11.6 Å². The van der Waals surface area contributed by atoms with Crippen molar-refractivity contribution in [1.82, 2.24) is 15.2 Å². The van der Waals surface area contributed by atoms with Crippen molar-refractivity contribution in [2.45, 2.75) is 26.1 Å². The minimum Gasteiger partial charge on any atom is -0.345 e. The van der Waals surface area contributed by atoms with E-state index < -0.39 is 30.6 Å². The lowest BCUT2D eigenvalue weighted by Gasteiger charge is -2.24. The highest BCUT2D eigenvalue weighted by Gasteiger charge is 2.37. The van der Waals surface area contributed by atoms with Gasteiger partial charge >= 0.3 is 6.18 Å². The summed E-state index contributed by atoms with van der Waals surface area (Å²) >= 11 is 1.33. The fraction of sp³-hybridized carbons (Fsp3) is 0.389. The van der Waals surface area contributed by atoms with E-state index in [9.17, 15) is 22.8 Å². The third kappa shape index (κ3) is 4.35. The predicted molar refractivity (Wildman–Crippen MR) is 97.6 cm³/mol. The van der Waals surface area contributed by atoms with E-state index in [0.717, 1.165) is 16.5 Å². The van der Waals surface area contributed by atoms with Crippen molar-refractivity contribution in [1.29, 1.82) is 0 Å². The maximum absolute atomic E-state index is 13.0. The molecule has 1 aliphatic rings. The molecule has 1 atom stereocenters. The van der Waals surface area contributed by atoms with Gasteiger partial charge in [0, 0.05) is 11.1 Å². The maximum Gasteiger partial charge on any atom is 0.405 e. The lowest BCUT2D eigenvalue weighted by atomic mass is 10.1. The van der Waals surface area contributed by atoms with Crippen LogP contribution in [0.25, 0.3) is 10.9 Å². The first-order valence-electron chi connectivity index (χ1n) is 8.27. The average Bonchev–Trinajstić information content (AvgIpc) is 3.08. The normalized spacial score (nSPS) is 17.4. The van der Waals surface area contributed by atoms with E-state index in [0.29, 0.717) is 11.3 Å². The second-order valence-corrected chi connectivity index (χ2v) is 7.44. The summed E-state index contributed by atoms with van der Waals surface area (Å²) in [5, 5.41) is 2.67. The Morgan fingerprint density at radius 2 is 2.04 bits per heavy atom. The molecule has 1 fully saturated rings. The lowest BCUT2D eigenvalue weighted by Crippen LogP contribution is -2.49. The molecule has 1 N–H and O–H groups in total. The number of carbonyl (C=O) groups excluding carboxylic acids is 2. The van der Waals surface area contributed by atoms with Crippen molar-refractivity contribution in [3.63, 3.8) is 0 Å². The topological polar surface area (TPSA) is 62.3 Å². The molecule has 3 rings (SSSR count). The zero-order chi connectivity index (χ0) is 19.8. The van der Waals surface area contributed by atoms with Gasteiger partial charge in [-0.05, 0) is 32.0 Å². The van der Waals surface area contributed by atoms with Gasteiger partial charge in [0.2, 0.25) is 5.91 Å². The smallest absolute Gasteiger partial charge is 0.345 e. The summed E-state index contributed by atoms with van der Waals surface area (Å²) in [6, 6.07) is 6.49. The Morgan fingerprint density at radius 3 is 2.74 bits per heavy atom. The van der Waals surface area contributed by atoms with Crippen molar-refractivity contribution < 1.29 is 22.8 Å². The first-order valence-corrected chi connectivity index (χ1v) is 9.42. The molecule has 2 aromatic rings. The van der Waals surface area contributed by atoms with Crippen LogP contribution in [0.2, 0.25) is 0 Å². The van der Waals surface area contributed by atoms with Gasteiger partial charge in [0.15, 0.2) is 0 Å². The molecule has 0 saturated carbocycles. The van der Waals surface area contributed by atoms with Crippen LogP contribution in [0, 0.1) is 13.8 Å². The highest BCUT2D eigenvalue weighted by Crippen LogP contribution is 2.26. The van der Waals surface area contributed by atoms with Gasteiger partial charge in [-0.2, -0.15) is 13.2 Å². The molecule has 1 aromatic heterocycles. The summed E-state index contributed by atoms with van der Waals surface area (Å²) in [6.07, 6.45) is -4.49. The number of thioether (sulfide) groups is 1. The minimum atomic E-state index is -4.49. The Labute approximate surface area is 158 Å². The van der Waals surface area contributed by atoms with E-state index in [1.165, 1.54) is 16.7 Å². The second kappa shape index (κ2) is 7.38. The molecule has 1 saturated heterocycles. The fourth-order valence-electron chi connectivity index (χ4n) is 2.93. The second-order valence-electron chi connectivity index (χ2n) is 6.44. The van der Waals surface area contributed by atoms with Crippen LogP contribution in [0.5, 0.6) is 0 Å². The maximum atomic E-state index is 13.0. The summed E-state index contributed by atoms with van der Waals surface area (Å²) in [4.78, 5) is 30.9. The Balaban J connectivity index is 1.84. The summed E-state index contributed by atoms with van der Waals surface area (Å²) in [7, 11) is 0. The van der Waals surface area contributed by atoms with Gasteiger partial charge in [-0.3, -0.25) is 14.6 Å². The number of benzene rings is 1. The monoisotopic (exact) mass is 397 g/mol. The van der Waals surface area contributed by atoms with Crippen LogP contribution >= 0.6 is 11.8 Å². The van der Waals surface area contributed by atoms with E-state index in [4.69, 9.17) is 0 Å². The van der Waals surface area contributed by atoms with Crippen LogP contribution in [0.15, 0.2) is 24.3 Å². The van der Waals surface area contributed by atoms with Gasteiger partial charge < -0.3 is 10.2 Å². The van der Waals surface area contributed by atoms with E-state index in [1.807, 2.05) is 30.4 Å². The molecule has 1 aromatic carbocycles. The van der Waals surface area contributed by atoms with Crippen LogP contribution in [0.1, 0.15) is 21.6 Å². The van der Waals surface area contributed by atoms with Crippen molar-refractivity contribution in [2.24, 2.45) is 0 Å². The van der Waals surface area contributed by atoms with Gasteiger partial charge in [-0.15, -0.1) is 11.8 Å². The quantitative estimate of drug-likeness (QED) is 0.865. The lowest BCUT2D eigenvalue weighted by molar-refractivity contribution is -0.140. The number of nitrogens with one attached hydrogen (secondary N) is 1. The third-order valence-corrected chi connectivity index (χ3v) is 5.31. The molecular formula is C18H18F3N3O2S. The number of amides is 2. The number of hydrogen-bond donors (Lipinski definition) is 1. The number of rotatable bonds is 3.